The summed E-state index contributed by atoms with van der Waals surface area (Å²) in [7, 11) is 0. The Bertz CT molecular complexity index is 264. The molecule has 1 nitrogen and oxygen atoms in total. The zero-order valence-corrected chi connectivity index (χ0v) is 6.38. The molecule has 4 heteroatoms. The predicted molar refractivity (Wildman–Crippen MR) is 37.7 cm³/mol. The van der Waals surface area contributed by atoms with E-state index in [1.807, 2.05) is 0 Å². The standard InChI is InChI=1S/C6H3ClFOS/c7-5-2-1-4(8)3-6(5)10-9/h1-3H/q+1. The molecule has 0 unspecified atom stereocenters. The first-order valence-corrected chi connectivity index (χ1v) is 3.61. The van der Waals surface area contributed by atoms with Gasteiger partial charge >= 0.3 is 16.6 Å². The van der Waals surface area contributed by atoms with Crippen LogP contribution in [-0.2, 0) is 15.9 Å². The monoisotopic (exact) mass is 177 g/mol. The minimum atomic E-state index is -0.442. The van der Waals surface area contributed by atoms with E-state index in [2.05, 4.69) is 0 Å². The van der Waals surface area contributed by atoms with Crippen molar-refractivity contribution in [1.82, 2.24) is 0 Å². The number of hydrogen-bond acceptors (Lipinski definition) is 1. The van der Waals surface area contributed by atoms with E-state index in [9.17, 15) is 8.60 Å². The summed E-state index contributed by atoms with van der Waals surface area (Å²) < 4.78 is 22.5. The molecule has 0 aliphatic rings. The first-order valence-electron chi connectivity index (χ1n) is 2.49. The van der Waals surface area contributed by atoms with Gasteiger partial charge < -0.3 is 0 Å². The molecule has 0 spiro atoms. The van der Waals surface area contributed by atoms with Gasteiger partial charge in [0.1, 0.15) is 10.8 Å². The molecule has 0 saturated carbocycles. The van der Waals surface area contributed by atoms with Crippen molar-refractivity contribution in [1.29, 1.82) is 0 Å². The van der Waals surface area contributed by atoms with Crippen LogP contribution in [0, 0.1) is 5.82 Å². The van der Waals surface area contributed by atoms with Crippen molar-refractivity contribution in [3.8, 4) is 0 Å². The summed E-state index contributed by atoms with van der Waals surface area (Å²) in [5.41, 5.74) is 0. The minimum Gasteiger partial charge on any atom is -0.207 e. The highest BCUT2D eigenvalue weighted by atomic mass is 35.5. The third-order valence-corrected chi connectivity index (χ3v) is 1.94. The van der Waals surface area contributed by atoms with E-state index in [-0.39, 0.29) is 16.6 Å². The second-order valence-corrected chi connectivity index (χ2v) is 2.67. The van der Waals surface area contributed by atoms with Crippen molar-refractivity contribution in [3.05, 3.63) is 29.0 Å². The third kappa shape index (κ3) is 1.49. The largest absolute Gasteiger partial charge is 0.506 e. The van der Waals surface area contributed by atoms with Crippen LogP contribution >= 0.6 is 11.6 Å². The summed E-state index contributed by atoms with van der Waals surface area (Å²) in [6.45, 7) is 0. The van der Waals surface area contributed by atoms with Gasteiger partial charge in [-0.1, -0.05) is 11.6 Å². The van der Waals surface area contributed by atoms with Crippen LogP contribution in [0.4, 0.5) is 4.39 Å². The summed E-state index contributed by atoms with van der Waals surface area (Å²) in [5, 5.41) is 0.293. The SMILES string of the molecule is O=[S+]c1cc(F)ccc1Cl. The highest BCUT2D eigenvalue weighted by molar-refractivity contribution is 7.65. The smallest absolute Gasteiger partial charge is 0.207 e. The predicted octanol–water partition coefficient (Wildman–Crippen LogP) is 2.27. The fraction of sp³-hybridized carbons (Fsp3) is 0. The molecular formula is C6H3ClFOS+. The molecule has 0 heterocycles. The molecule has 52 valence electrons. The average molecular weight is 178 g/mol. The van der Waals surface area contributed by atoms with Gasteiger partial charge in [0.05, 0.1) is 0 Å². The van der Waals surface area contributed by atoms with Crippen molar-refractivity contribution in [2.75, 3.05) is 0 Å². The zero-order chi connectivity index (χ0) is 7.56. The summed E-state index contributed by atoms with van der Waals surface area (Å²) in [5.74, 6) is -0.442. The first kappa shape index (κ1) is 7.57. The lowest BCUT2D eigenvalue weighted by Crippen LogP contribution is -1.78. The molecule has 10 heavy (non-hydrogen) atoms. The molecule has 0 aromatic heterocycles. The fourth-order valence-electron chi connectivity index (χ4n) is 0.541. The van der Waals surface area contributed by atoms with Gasteiger partial charge in [-0.15, -0.1) is 0 Å². The summed E-state index contributed by atoms with van der Waals surface area (Å²) in [6.07, 6.45) is 0. The van der Waals surface area contributed by atoms with E-state index < -0.39 is 5.82 Å². The molecule has 0 aliphatic carbocycles. The van der Waals surface area contributed by atoms with Crippen LogP contribution < -0.4 is 0 Å². The van der Waals surface area contributed by atoms with Crippen molar-refractivity contribution in [2.45, 2.75) is 4.90 Å². The summed E-state index contributed by atoms with van der Waals surface area (Å²) in [6, 6.07) is 3.68. The van der Waals surface area contributed by atoms with Gasteiger partial charge in [0.2, 0.25) is 0 Å². The molecule has 0 radical (unpaired) electrons. The van der Waals surface area contributed by atoms with Crippen LogP contribution in [0.2, 0.25) is 5.02 Å². The molecular weight excluding hydrogens is 175 g/mol. The lowest BCUT2D eigenvalue weighted by molar-refractivity contribution is 0.601. The van der Waals surface area contributed by atoms with E-state index in [4.69, 9.17) is 11.6 Å². The van der Waals surface area contributed by atoms with Crippen molar-refractivity contribution in [3.63, 3.8) is 0 Å². The third-order valence-electron chi connectivity index (χ3n) is 0.983. The van der Waals surface area contributed by atoms with Crippen molar-refractivity contribution >= 4 is 23.3 Å². The number of benzene rings is 1. The molecule has 0 aliphatic heterocycles. The van der Waals surface area contributed by atoms with Crippen molar-refractivity contribution < 1.29 is 8.60 Å². The Labute approximate surface area is 66.3 Å². The maximum atomic E-state index is 12.3. The maximum Gasteiger partial charge on any atom is 0.506 e. The lowest BCUT2D eigenvalue weighted by atomic mass is 10.3. The quantitative estimate of drug-likeness (QED) is 0.602. The summed E-state index contributed by atoms with van der Waals surface area (Å²) >= 11 is 5.70. The highest BCUT2D eigenvalue weighted by Gasteiger charge is 2.12. The van der Waals surface area contributed by atoms with Gasteiger partial charge in [-0.25, -0.2) is 4.39 Å². The lowest BCUT2D eigenvalue weighted by Gasteiger charge is -1.84. The fourth-order valence-corrected chi connectivity index (χ4v) is 1.06. The Morgan fingerprint density at radius 3 is 2.70 bits per heavy atom. The van der Waals surface area contributed by atoms with Gasteiger partial charge in [0.25, 0.3) is 0 Å². The Kier molecular flexibility index (Phi) is 2.29. The molecule has 1 rings (SSSR count). The van der Waals surface area contributed by atoms with E-state index in [1.54, 1.807) is 0 Å². The highest BCUT2D eigenvalue weighted by Crippen LogP contribution is 2.16. The van der Waals surface area contributed by atoms with Gasteiger partial charge in [0.15, 0.2) is 0 Å². The Hall–Kier alpha value is -0.540. The Morgan fingerprint density at radius 1 is 1.50 bits per heavy atom. The van der Waals surface area contributed by atoms with Gasteiger partial charge in [0, 0.05) is 10.3 Å². The van der Waals surface area contributed by atoms with Gasteiger partial charge in [-0.3, -0.25) is 0 Å². The summed E-state index contributed by atoms with van der Waals surface area (Å²) in [4.78, 5) is 0.224. The Balaban J connectivity index is 3.21. The van der Waals surface area contributed by atoms with Crippen LogP contribution in [0.3, 0.4) is 0 Å². The molecule has 0 fully saturated rings. The van der Waals surface area contributed by atoms with Crippen molar-refractivity contribution in [2.24, 2.45) is 0 Å². The van der Waals surface area contributed by atoms with Crippen LogP contribution in [0.15, 0.2) is 23.1 Å². The van der Waals surface area contributed by atoms with Crippen LogP contribution in [0.1, 0.15) is 0 Å². The average Bonchev–Trinajstić information content (AvgIpc) is 1.94. The second-order valence-electron chi connectivity index (χ2n) is 1.66. The van der Waals surface area contributed by atoms with Crippen LogP contribution in [0.5, 0.6) is 0 Å². The second kappa shape index (κ2) is 3.03. The van der Waals surface area contributed by atoms with E-state index >= 15 is 0 Å². The molecule has 0 N–H and O–H groups in total. The molecule has 0 saturated heterocycles. The van der Waals surface area contributed by atoms with Gasteiger partial charge in [-0.05, 0) is 12.1 Å². The molecule has 0 atom stereocenters. The molecule has 1 aromatic carbocycles. The zero-order valence-electron chi connectivity index (χ0n) is 4.80. The van der Waals surface area contributed by atoms with Crippen LogP contribution in [0.25, 0.3) is 0 Å². The van der Waals surface area contributed by atoms with E-state index in [1.165, 1.54) is 12.1 Å². The van der Waals surface area contributed by atoms with Crippen LogP contribution in [-0.4, -0.2) is 0 Å². The topological polar surface area (TPSA) is 17.1 Å². The number of rotatable bonds is 1. The molecule has 1 aromatic rings. The minimum absolute atomic E-state index is 0.188. The Morgan fingerprint density at radius 2 is 2.20 bits per heavy atom. The normalized spacial score (nSPS) is 9.40. The maximum absolute atomic E-state index is 12.3. The van der Waals surface area contributed by atoms with Gasteiger partial charge in [-0.2, -0.15) is 0 Å². The van der Waals surface area contributed by atoms with E-state index in [0.717, 1.165) is 6.07 Å². The first-order chi connectivity index (χ1) is 4.74. The number of halogens is 2. The molecule has 0 bridgehead atoms. The molecule has 0 amide bonds. The number of hydrogen-bond donors (Lipinski definition) is 0. The van der Waals surface area contributed by atoms with E-state index in [0.29, 0.717) is 5.02 Å².